The predicted molar refractivity (Wildman–Crippen MR) is 72.7 cm³/mol. The highest BCUT2D eigenvalue weighted by Gasteiger charge is 2.15. The average Bonchev–Trinajstić information content (AvgIpc) is 2.31. The summed E-state index contributed by atoms with van der Waals surface area (Å²) in [5.74, 6) is 0.668. The van der Waals surface area contributed by atoms with E-state index in [1.54, 1.807) is 19.1 Å². The number of anilines is 1. The van der Waals surface area contributed by atoms with Gasteiger partial charge >= 0.3 is 0 Å². The third-order valence-electron chi connectivity index (χ3n) is 2.07. The van der Waals surface area contributed by atoms with Gasteiger partial charge in [0.05, 0.1) is 24.2 Å². The summed E-state index contributed by atoms with van der Waals surface area (Å²) in [5, 5.41) is 0. The molecule has 18 heavy (non-hydrogen) atoms. The number of hydrogen-bond acceptors (Lipinski definition) is 4. The SMILES string of the molecule is CCOc1ccc(NS(=O)(=O)CC(C)CCl)cn1. The molecule has 0 bridgehead atoms. The molecule has 1 aromatic heterocycles. The normalized spacial score (nSPS) is 13.1. The van der Waals surface area contributed by atoms with Crippen LogP contribution in [0, 0.1) is 5.92 Å². The van der Waals surface area contributed by atoms with Gasteiger partial charge in [0.1, 0.15) is 0 Å². The van der Waals surface area contributed by atoms with Crippen molar-refractivity contribution in [3.8, 4) is 5.88 Å². The van der Waals surface area contributed by atoms with Crippen molar-refractivity contribution in [2.75, 3.05) is 23.0 Å². The van der Waals surface area contributed by atoms with Crippen molar-refractivity contribution in [3.05, 3.63) is 18.3 Å². The van der Waals surface area contributed by atoms with E-state index in [-0.39, 0.29) is 11.7 Å². The van der Waals surface area contributed by atoms with Crippen molar-refractivity contribution in [3.63, 3.8) is 0 Å². The van der Waals surface area contributed by atoms with Gasteiger partial charge in [-0.2, -0.15) is 0 Å². The summed E-state index contributed by atoms with van der Waals surface area (Å²) >= 11 is 5.60. The quantitative estimate of drug-likeness (QED) is 0.782. The second-order valence-electron chi connectivity index (χ2n) is 3.96. The van der Waals surface area contributed by atoms with Gasteiger partial charge in [-0.05, 0) is 18.9 Å². The van der Waals surface area contributed by atoms with E-state index in [4.69, 9.17) is 16.3 Å². The Morgan fingerprint density at radius 2 is 2.22 bits per heavy atom. The first-order valence-electron chi connectivity index (χ1n) is 5.62. The third kappa shape index (κ3) is 5.10. The van der Waals surface area contributed by atoms with Crippen LogP contribution in [-0.2, 0) is 10.0 Å². The van der Waals surface area contributed by atoms with E-state index < -0.39 is 10.0 Å². The van der Waals surface area contributed by atoms with Crippen LogP contribution in [0.25, 0.3) is 0 Å². The zero-order chi connectivity index (χ0) is 13.6. The van der Waals surface area contributed by atoms with Crippen molar-refractivity contribution < 1.29 is 13.2 Å². The van der Waals surface area contributed by atoms with Crippen molar-refractivity contribution in [2.45, 2.75) is 13.8 Å². The summed E-state index contributed by atoms with van der Waals surface area (Å²) in [7, 11) is -3.39. The van der Waals surface area contributed by atoms with E-state index in [1.807, 2.05) is 6.92 Å². The lowest BCUT2D eigenvalue weighted by molar-refractivity contribution is 0.327. The van der Waals surface area contributed by atoms with Gasteiger partial charge in [0.2, 0.25) is 15.9 Å². The molecule has 0 aliphatic rings. The van der Waals surface area contributed by atoms with Crippen LogP contribution in [0.5, 0.6) is 5.88 Å². The van der Waals surface area contributed by atoms with Crippen LogP contribution in [-0.4, -0.2) is 31.6 Å². The Morgan fingerprint density at radius 1 is 1.50 bits per heavy atom. The molecular formula is C11H17ClN2O3S. The molecular weight excluding hydrogens is 276 g/mol. The van der Waals surface area contributed by atoms with Crippen LogP contribution in [0.4, 0.5) is 5.69 Å². The summed E-state index contributed by atoms with van der Waals surface area (Å²) in [4.78, 5) is 3.98. The zero-order valence-corrected chi connectivity index (χ0v) is 12.0. The predicted octanol–water partition coefficient (Wildman–Crippen LogP) is 2.10. The van der Waals surface area contributed by atoms with E-state index in [0.717, 1.165) is 0 Å². The second kappa shape index (κ2) is 6.80. The summed E-state index contributed by atoms with van der Waals surface area (Å²) in [6, 6.07) is 3.23. The molecule has 0 saturated heterocycles. The fraction of sp³-hybridized carbons (Fsp3) is 0.545. The number of rotatable bonds is 7. The topological polar surface area (TPSA) is 68.3 Å². The van der Waals surface area contributed by atoms with Gasteiger partial charge in [0.15, 0.2) is 0 Å². The number of aromatic nitrogens is 1. The Balaban J connectivity index is 2.66. The summed E-state index contributed by atoms with van der Waals surface area (Å²) in [5.41, 5.74) is 0.417. The highest BCUT2D eigenvalue weighted by atomic mass is 35.5. The van der Waals surface area contributed by atoms with Crippen LogP contribution in [0.2, 0.25) is 0 Å². The van der Waals surface area contributed by atoms with Crippen molar-refractivity contribution >= 4 is 27.3 Å². The maximum atomic E-state index is 11.8. The molecule has 0 fully saturated rings. The molecule has 0 aliphatic carbocycles. The smallest absolute Gasteiger partial charge is 0.233 e. The number of nitrogens with zero attached hydrogens (tertiary/aromatic N) is 1. The lowest BCUT2D eigenvalue weighted by Gasteiger charge is -2.11. The van der Waals surface area contributed by atoms with Gasteiger partial charge in [-0.3, -0.25) is 4.72 Å². The van der Waals surface area contributed by atoms with Crippen molar-refractivity contribution in [1.82, 2.24) is 4.98 Å². The fourth-order valence-corrected chi connectivity index (χ4v) is 2.98. The Bertz CT molecular complexity index is 462. The van der Waals surface area contributed by atoms with Gasteiger partial charge in [-0.1, -0.05) is 6.92 Å². The molecule has 1 atom stereocenters. The Morgan fingerprint density at radius 3 is 2.72 bits per heavy atom. The molecule has 0 aromatic carbocycles. The van der Waals surface area contributed by atoms with E-state index >= 15 is 0 Å². The van der Waals surface area contributed by atoms with Crippen molar-refractivity contribution in [2.24, 2.45) is 5.92 Å². The molecule has 7 heteroatoms. The van der Waals surface area contributed by atoms with E-state index in [1.165, 1.54) is 6.20 Å². The molecule has 0 spiro atoms. The van der Waals surface area contributed by atoms with Gasteiger partial charge in [0, 0.05) is 11.9 Å². The monoisotopic (exact) mass is 292 g/mol. The summed E-state index contributed by atoms with van der Waals surface area (Å²) in [6.07, 6.45) is 1.42. The minimum atomic E-state index is -3.39. The fourth-order valence-electron chi connectivity index (χ4n) is 1.31. The van der Waals surface area contributed by atoms with Crippen LogP contribution in [0.15, 0.2) is 18.3 Å². The van der Waals surface area contributed by atoms with Gasteiger partial charge in [-0.25, -0.2) is 13.4 Å². The molecule has 1 rings (SSSR count). The van der Waals surface area contributed by atoms with Crippen molar-refractivity contribution in [1.29, 1.82) is 0 Å². The summed E-state index contributed by atoms with van der Waals surface area (Å²) in [6.45, 7) is 4.15. The highest BCUT2D eigenvalue weighted by Crippen LogP contribution is 2.14. The number of alkyl halides is 1. The highest BCUT2D eigenvalue weighted by molar-refractivity contribution is 7.92. The van der Waals surface area contributed by atoms with E-state index in [0.29, 0.717) is 24.1 Å². The van der Waals surface area contributed by atoms with Crippen LogP contribution < -0.4 is 9.46 Å². The first-order valence-corrected chi connectivity index (χ1v) is 7.81. The number of halogens is 1. The Kier molecular flexibility index (Phi) is 5.68. The van der Waals surface area contributed by atoms with Crippen LogP contribution in [0.3, 0.4) is 0 Å². The Labute approximate surface area is 113 Å². The number of hydrogen-bond donors (Lipinski definition) is 1. The molecule has 5 nitrogen and oxygen atoms in total. The van der Waals surface area contributed by atoms with Gasteiger partial charge in [0.25, 0.3) is 0 Å². The number of ether oxygens (including phenoxy) is 1. The molecule has 102 valence electrons. The minimum Gasteiger partial charge on any atom is -0.478 e. The largest absolute Gasteiger partial charge is 0.478 e. The lowest BCUT2D eigenvalue weighted by atomic mass is 10.3. The molecule has 1 N–H and O–H groups in total. The van der Waals surface area contributed by atoms with Crippen LogP contribution >= 0.6 is 11.6 Å². The number of nitrogens with one attached hydrogen (secondary N) is 1. The second-order valence-corrected chi connectivity index (χ2v) is 6.04. The third-order valence-corrected chi connectivity index (χ3v) is 4.15. The standard InChI is InChI=1S/C11H17ClN2O3S/c1-3-17-11-5-4-10(7-13-11)14-18(15,16)8-9(2)6-12/h4-5,7,9,14H,3,6,8H2,1-2H3. The molecule has 1 unspecified atom stereocenters. The van der Waals surface area contributed by atoms with E-state index in [2.05, 4.69) is 9.71 Å². The Hall–Kier alpha value is -1.01. The first kappa shape index (κ1) is 15.0. The maximum Gasteiger partial charge on any atom is 0.233 e. The van der Waals surface area contributed by atoms with E-state index in [9.17, 15) is 8.42 Å². The maximum absolute atomic E-state index is 11.8. The van der Waals surface area contributed by atoms with Gasteiger partial charge < -0.3 is 4.74 Å². The van der Waals surface area contributed by atoms with Gasteiger partial charge in [-0.15, -0.1) is 11.6 Å². The molecule has 0 aliphatic heterocycles. The molecule has 0 amide bonds. The number of pyridine rings is 1. The minimum absolute atomic E-state index is 0.0102. The lowest BCUT2D eigenvalue weighted by Crippen LogP contribution is -2.22. The average molecular weight is 293 g/mol. The number of sulfonamides is 1. The first-order chi connectivity index (χ1) is 8.46. The zero-order valence-electron chi connectivity index (χ0n) is 10.4. The molecule has 1 aromatic rings. The van der Waals surface area contributed by atoms with Crippen LogP contribution in [0.1, 0.15) is 13.8 Å². The summed E-state index contributed by atoms with van der Waals surface area (Å²) < 4.78 is 31.1. The molecule has 1 heterocycles. The molecule has 0 saturated carbocycles. The molecule has 0 radical (unpaired) electrons.